The average Bonchev–Trinajstić information content (AvgIpc) is 3.99. The Kier molecular flexibility index (Phi) is 7.16. The Morgan fingerprint density at radius 1 is 0.397 bits per heavy atom. The van der Waals surface area contributed by atoms with Crippen molar-refractivity contribution in [1.29, 1.82) is 0 Å². The monoisotopic (exact) mass is 743 g/mol. The van der Waals surface area contributed by atoms with Gasteiger partial charge in [0.2, 0.25) is 5.89 Å². The highest BCUT2D eigenvalue weighted by Gasteiger charge is 2.19. The number of furan rings is 1. The van der Waals surface area contributed by atoms with Crippen molar-refractivity contribution in [2.45, 2.75) is 0 Å². The predicted octanol–water partition coefficient (Wildman–Crippen LogP) is 14.8. The van der Waals surface area contributed by atoms with E-state index in [4.69, 9.17) is 13.8 Å². The zero-order chi connectivity index (χ0) is 38.2. The lowest BCUT2D eigenvalue weighted by atomic mass is 10.00. The summed E-state index contributed by atoms with van der Waals surface area (Å²) < 4.78 is 15.0. The van der Waals surface area contributed by atoms with Gasteiger partial charge in [0.25, 0.3) is 0 Å². The number of nitrogens with zero attached hydrogens (tertiary/aromatic N) is 3. The van der Waals surface area contributed by atoms with Crippen LogP contribution in [0, 0.1) is 0 Å². The summed E-state index contributed by atoms with van der Waals surface area (Å²) in [5.74, 6) is 0.633. The summed E-state index contributed by atoms with van der Waals surface area (Å²) in [5, 5.41) is 6.75. The maximum absolute atomic E-state index is 6.33. The number of para-hydroxylation sites is 3. The van der Waals surface area contributed by atoms with Crippen LogP contribution in [-0.4, -0.2) is 9.55 Å². The molecular weight excluding hydrogens is 711 g/mol. The molecule has 0 bridgehead atoms. The quantitative estimate of drug-likeness (QED) is 0.170. The third-order valence-corrected chi connectivity index (χ3v) is 11.4. The predicted molar refractivity (Wildman–Crippen MR) is 239 cm³/mol. The van der Waals surface area contributed by atoms with Crippen molar-refractivity contribution in [2.24, 2.45) is 0 Å². The first kappa shape index (κ1) is 32.4. The van der Waals surface area contributed by atoms with E-state index >= 15 is 0 Å². The van der Waals surface area contributed by atoms with Gasteiger partial charge in [-0.05, 0) is 120 Å². The molecule has 0 atom stereocenters. The molecule has 0 radical (unpaired) electrons. The molecule has 3 aromatic heterocycles. The van der Waals surface area contributed by atoms with Crippen molar-refractivity contribution in [2.75, 3.05) is 4.90 Å². The average molecular weight is 744 g/mol. The molecule has 0 aliphatic rings. The second kappa shape index (κ2) is 12.8. The molecule has 0 aliphatic carbocycles. The summed E-state index contributed by atoms with van der Waals surface area (Å²) in [5.41, 5.74) is 13.3. The first-order valence-electron chi connectivity index (χ1n) is 19.5. The summed E-state index contributed by atoms with van der Waals surface area (Å²) in [6.07, 6.45) is 0. The van der Waals surface area contributed by atoms with Crippen LogP contribution in [0.4, 0.5) is 17.1 Å². The van der Waals surface area contributed by atoms with Gasteiger partial charge >= 0.3 is 0 Å². The minimum absolute atomic E-state index is 0.633. The summed E-state index contributed by atoms with van der Waals surface area (Å²) in [6, 6.07) is 70.5. The molecule has 58 heavy (non-hydrogen) atoms. The fourth-order valence-electron chi connectivity index (χ4n) is 8.66. The van der Waals surface area contributed by atoms with Crippen LogP contribution in [0.1, 0.15) is 0 Å². The van der Waals surface area contributed by atoms with E-state index < -0.39 is 0 Å². The highest BCUT2D eigenvalue weighted by atomic mass is 16.3. The van der Waals surface area contributed by atoms with E-state index in [-0.39, 0.29) is 0 Å². The van der Waals surface area contributed by atoms with Gasteiger partial charge in [-0.25, -0.2) is 4.98 Å². The van der Waals surface area contributed by atoms with Crippen LogP contribution in [0.25, 0.3) is 93.9 Å². The normalized spacial score (nSPS) is 11.8. The van der Waals surface area contributed by atoms with Gasteiger partial charge in [0.15, 0.2) is 5.58 Å². The van der Waals surface area contributed by atoms with E-state index in [1.54, 1.807) is 0 Å². The number of fused-ring (bicyclic) bond motifs is 9. The van der Waals surface area contributed by atoms with E-state index in [9.17, 15) is 0 Å². The van der Waals surface area contributed by atoms with Gasteiger partial charge in [0.05, 0.1) is 11.0 Å². The number of anilines is 3. The van der Waals surface area contributed by atoms with Crippen molar-refractivity contribution in [3.63, 3.8) is 0 Å². The van der Waals surface area contributed by atoms with E-state index in [1.165, 1.54) is 16.3 Å². The van der Waals surface area contributed by atoms with Gasteiger partial charge in [-0.1, -0.05) is 97.1 Å². The molecule has 0 fully saturated rings. The largest absolute Gasteiger partial charge is 0.456 e. The van der Waals surface area contributed by atoms with Crippen molar-refractivity contribution >= 4 is 82.7 Å². The van der Waals surface area contributed by atoms with E-state index in [2.05, 4.69) is 161 Å². The number of hydrogen-bond acceptors (Lipinski definition) is 4. The van der Waals surface area contributed by atoms with Crippen molar-refractivity contribution in [1.82, 2.24) is 9.55 Å². The van der Waals surface area contributed by atoms with Crippen LogP contribution < -0.4 is 4.90 Å². The van der Waals surface area contributed by atoms with Crippen molar-refractivity contribution in [3.05, 3.63) is 200 Å². The molecule has 3 heterocycles. The number of rotatable bonds is 6. The SMILES string of the molecule is c1ccc(-c2nc3ccc4cc(-c5ccc(N(c6ccc7oc8ccccc8c7c6)c6ccc7c(c6)c6ccccc6n7-c6ccccc6)cc5)ccc4c3o2)cc1. The van der Waals surface area contributed by atoms with Crippen LogP contribution in [0.15, 0.2) is 209 Å². The number of aromatic nitrogens is 2. The topological polar surface area (TPSA) is 47.3 Å². The minimum Gasteiger partial charge on any atom is -0.456 e. The zero-order valence-corrected chi connectivity index (χ0v) is 31.2. The Labute approximate surface area is 333 Å². The highest BCUT2D eigenvalue weighted by molar-refractivity contribution is 6.11. The fraction of sp³-hybridized carbons (Fsp3) is 0. The molecule has 0 saturated heterocycles. The Hall–Kier alpha value is -7.89. The van der Waals surface area contributed by atoms with Gasteiger partial charge in [-0.15, -0.1) is 0 Å². The summed E-state index contributed by atoms with van der Waals surface area (Å²) in [7, 11) is 0. The fourth-order valence-corrected chi connectivity index (χ4v) is 8.66. The Morgan fingerprint density at radius 2 is 1.05 bits per heavy atom. The third kappa shape index (κ3) is 5.14. The van der Waals surface area contributed by atoms with E-state index in [1.807, 2.05) is 48.5 Å². The van der Waals surface area contributed by atoms with Crippen LogP contribution >= 0.6 is 0 Å². The second-order valence-electron chi connectivity index (χ2n) is 14.8. The standard InChI is InChI=1S/C53H33N3O2/c1-3-11-35(12-4-1)53-54-47-28-22-37-31-36(21-27-42(37)52(47)58-53)34-19-23-39(24-20-34)55(41-26-30-51-46(33-41)44-16-8-10-18-50(44)57-51)40-25-29-49-45(32-40)43-15-7-9-17-48(43)56(49)38-13-5-2-6-14-38/h1-33H. The van der Waals surface area contributed by atoms with Gasteiger partial charge in [0.1, 0.15) is 16.7 Å². The molecule has 0 saturated carbocycles. The van der Waals surface area contributed by atoms with Gasteiger partial charge in [-0.3, -0.25) is 0 Å². The van der Waals surface area contributed by atoms with E-state index in [0.717, 1.165) is 88.8 Å². The molecule has 5 heteroatoms. The van der Waals surface area contributed by atoms with Gasteiger partial charge in [0, 0.05) is 55.2 Å². The van der Waals surface area contributed by atoms with Gasteiger partial charge < -0.3 is 18.3 Å². The maximum Gasteiger partial charge on any atom is 0.227 e. The molecule has 9 aromatic carbocycles. The lowest BCUT2D eigenvalue weighted by Gasteiger charge is -2.26. The van der Waals surface area contributed by atoms with Crippen LogP contribution in [0.5, 0.6) is 0 Å². The number of benzene rings is 9. The van der Waals surface area contributed by atoms with Gasteiger partial charge in [-0.2, -0.15) is 0 Å². The maximum atomic E-state index is 6.33. The van der Waals surface area contributed by atoms with E-state index in [0.29, 0.717) is 5.89 Å². The minimum atomic E-state index is 0.633. The molecule has 0 amide bonds. The van der Waals surface area contributed by atoms with Crippen LogP contribution in [0.3, 0.4) is 0 Å². The molecule has 12 rings (SSSR count). The molecule has 5 nitrogen and oxygen atoms in total. The number of hydrogen-bond donors (Lipinski definition) is 0. The molecule has 12 aromatic rings. The Morgan fingerprint density at radius 3 is 1.90 bits per heavy atom. The van der Waals surface area contributed by atoms with Crippen molar-refractivity contribution < 1.29 is 8.83 Å². The zero-order valence-electron chi connectivity index (χ0n) is 31.2. The molecule has 272 valence electrons. The summed E-state index contributed by atoms with van der Waals surface area (Å²) >= 11 is 0. The smallest absolute Gasteiger partial charge is 0.227 e. The first-order chi connectivity index (χ1) is 28.7. The molecule has 0 aliphatic heterocycles. The first-order valence-corrected chi connectivity index (χ1v) is 19.5. The van der Waals surface area contributed by atoms with Crippen molar-refractivity contribution in [3.8, 4) is 28.3 Å². The van der Waals surface area contributed by atoms with Crippen LogP contribution in [0.2, 0.25) is 0 Å². The summed E-state index contributed by atoms with van der Waals surface area (Å²) in [6.45, 7) is 0. The second-order valence-corrected chi connectivity index (χ2v) is 14.8. The summed E-state index contributed by atoms with van der Waals surface area (Å²) in [4.78, 5) is 7.14. The molecule has 0 N–H and O–H groups in total. The molecule has 0 spiro atoms. The lowest BCUT2D eigenvalue weighted by molar-refractivity contribution is 0.623. The third-order valence-electron chi connectivity index (χ3n) is 11.4. The van der Waals surface area contributed by atoms with Crippen LogP contribution in [-0.2, 0) is 0 Å². The molecular formula is C53H33N3O2. The Bertz CT molecular complexity index is 3510. The highest BCUT2D eigenvalue weighted by Crippen LogP contribution is 2.42. The lowest BCUT2D eigenvalue weighted by Crippen LogP contribution is -2.09. The Balaban J connectivity index is 0.984. The number of oxazole rings is 1. The molecule has 0 unspecified atom stereocenters.